The van der Waals surface area contributed by atoms with Crippen LogP contribution < -0.4 is 16.4 Å². The third-order valence-corrected chi connectivity index (χ3v) is 7.66. The van der Waals surface area contributed by atoms with E-state index in [1.807, 2.05) is 13.8 Å². The van der Waals surface area contributed by atoms with Crippen LogP contribution in [0.1, 0.15) is 66.2 Å². The van der Waals surface area contributed by atoms with E-state index in [1.165, 1.54) is 6.42 Å². The van der Waals surface area contributed by atoms with Crippen molar-refractivity contribution in [2.75, 3.05) is 18.9 Å². The Hall–Kier alpha value is -0.950. The lowest BCUT2D eigenvalue weighted by atomic mass is 9.91. The molecule has 1 rings (SSSR count). The molecule has 6 N–H and O–H groups in total. The fourth-order valence-electron chi connectivity index (χ4n) is 3.98. The summed E-state index contributed by atoms with van der Waals surface area (Å²) in [6, 6.07) is -1.48. The molecule has 1 aliphatic carbocycles. The quantitative estimate of drug-likeness (QED) is 0.289. The van der Waals surface area contributed by atoms with E-state index in [2.05, 4.69) is 10.6 Å². The summed E-state index contributed by atoms with van der Waals surface area (Å²) in [5.74, 6) is -0.491. The van der Waals surface area contributed by atoms with Gasteiger partial charge in [-0.25, -0.2) is 0 Å². The summed E-state index contributed by atoms with van der Waals surface area (Å²) in [7, 11) is -3.46. The van der Waals surface area contributed by atoms with Gasteiger partial charge in [0.25, 0.3) is 0 Å². The summed E-state index contributed by atoms with van der Waals surface area (Å²) in [6.45, 7) is 7.41. The molecule has 176 valence electrons. The highest BCUT2D eigenvalue weighted by Gasteiger charge is 2.30. The number of aliphatic hydroxyl groups is 1. The second-order valence-electron chi connectivity index (χ2n) is 9.58. The molecule has 4 atom stereocenters. The molecule has 2 amide bonds. The number of carbonyl (C=O) groups is 2. The maximum atomic E-state index is 12.5. The number of rotatable bonds is 12. The molecular formula is C21H42N3O5P. The summed E-state index contributed by atoms with van der Waals surface area (Å²) in [4.78, 5) is 35.1. The van der Waals surface area contributed by atoms with E-state index in [0.717, 1.165) is 25.7 Å². The van der Waals surface area contributed by atoms with Crippen molar-refractivity contribution in [3.05, 3.63) is 0 Å². The van der Waals surface area contributed by atoms with Crippen molar-refractivity contribution in [1.82, 2.24) is 10.6 Å². The minimum absolute atomic E-state index is 0.134. The van der Waals surface area contributed by atoms with Gasteiger partial charge in [-0.3, -0.25) is 14.2 Å². The van der Waals surface area contributed by atoms with Gasteiger partial charge in [0.15, 0.2) is 0 Å². The van der Waals surface area contributed by atoms with E-state index in [4.69, 9.17) is 5.73 Å². The topological polar surface area (TPSA) is 142 Å². The van der Waals surface area contributed by atoms with Crippen molar-refractivity contribution in [3.63, 3.8) is 0 Å². The van der Waals surface area contributed by atoms with Gasteiger partial charge in [0.2, 0.25) is 19.2 Å². The Morgan fingerprint density at radius 1 is 1.10 bits per heavy atom. The number of hydrogen-bond acceptors (Lipinski definition) is 5. The van der Waals surface area contributed by atoms with Gasteiger partial charge in [0.1, 0.15) is 6.04 Å². The lowest BCUT2D eigenvalue weighted by Gasteiger charge is -2.26. The van der Waals surface area contributed by atoms with Gasteiger partial charge in [0, 0.05) is 12.7 Å². The largest absolute Gasteiger partial charge is 0.391 e. The van der Waals surface area contributed by atoms with Crippen LogP contribution in [0.3, 0.4) is 0 Å². The van der Waals surface area contributed by atoms with Gasteiger partial charge in [-0.05, 0) is 37.0 Å². The maximum absolute atomic E-state index is 12.5. The predicted molar refractivity (Wildman–Crippen MR) is 119 cm³/mol. The molecule has 0 heterocycles. The Kier molecular flexibility index (Phi) is 11.6. The van der Waals surface area contributed by atoms with Crippen LogP contribution in [0.4, 0.5) is 0 Å². The second kappa shape index (κ2) is 12.8. The molecule has 0 aromatic rings. The zero-order valence-corrected chi connectivity index (χ0v) is 19.9. The van der Waals surface area contributed by atoms with Gasteiger partial charge in [-0.15, -0.1) is 0 Å². The first kappa shape index (κ1) is 27.1. The Morgan fingerprint density at radius 2 is 1.70 bits per heavy atom. The van der Waals surface area contributed by atoms with Crippen LogP contribution in [0.25, 0.3) is 0 Å². The average molecular weight is 448 g/mol. The van der Waals surface area contributed by atoms with Crippen LogP contribution in [0.15, 0.2) is 0 Å². The normalized spacial score (nSPS) is 20.4. The Labute approximate surface area is 181 Å². The first-order valence-electron chi connectivity index (χ1n) is 11.2. The predicted octanol–water partition coefficient (Wildman–Crippen LogP) is 1.83. The van der Waals surface area contributed by atoms with Crippen LogP contribution >= 0.6 is 7.37 Å². The summed E-state index contributed by atoms with van der Waals surface area (Å²) in [5, 5.41) is 15.5. The number of carbonyl (C=O) groups excluding carboxylic acids is 2. The molecule has 0 bridgehead atoms. The zero-order valence-electron chi connectivity index (χ0n) is 19.0. The first-order chi connectivity index (χ1) is 13.9. The lowest BCUT2D eigenvalue weighted by molar-refractivity contribution is -0.131. The maximum Gasteiger partial charge on any atom is 0.242 e. The Balaban J connectivity index is 2.51. The van der Waals surface area contributed by atoms with Crippen molar-refractivity contribution in [2.24, 2.45) is 23.5 Å². The number of amides is 2. The lowest BCUT2D eigenvalue weighted by Crippen LogP contribution is -2.54. The standard InChI is InChI=1S/C21H42N3O5P/c1-14(2)10-18(22)20(26)24-19(15(3)4)21(27)23-11-17(25)13-30(28,29)12-16-8-6-5-7-9-16/h14-19,25H,5-13,22H2,1-4H3,(H,23,27)(H,24,26)(H,28,29)/t17-,18-,19-/m0/s1. The van der Waals surface area contributed by atoms with Gasteiger partial charge < -0.3 is 26.4 Å². The van der Waals surface area contributed by atoms with Crippen LogP contribution in [-0.4, -0.2) is 58.9 Å². The molecule has 1 aliphatic rings. The summed E-state index contributed by atoms with van der Waals surface area (Å²) >= 11 is 0. The molecule has 0 saturated heterocycles. The molecule has 9 heteroatoms. The molecule has 0 spiro atoms. The van der Waals surface area contributed by atoms with Crippen LogP contribution in [0.2, 0.25) is 0 Å². The third kappa shape index (κ3) is 10.4. The fraction of sp³-hybridized carbons (Fsp3) is 0.905. The highest BCUT2D eigenvalue weighted by molar-refractivity contribution is 7.58. The molecule has 1 fully saturated rings. The first-order valence-corrected chi connectivity index (χ1v) is 13.3. The fourth-order valence-corrected chi connectivity index (χ4v) is 6.09. The molecule has 0 radical (unpaired) electrons. The zero-order chi connectivity index (χ0) is 22.9. The number of aliphatic hydroxyl groups excluding tert-OH is 1. The molecule has 0 aliphatic heterocycles. The van der Waals surface area contributed by atoms with E-state index in [9.17, 15) is 24.2 Å². The molecule has 0 aromatic heterocycles. The van der Waals surface area contributed by atoms with Crippen molar-refractivity contribution >= 4 is 19.2 Å². The van der Waals surface area contributed by atoms with Crippen molar-refractivity contribution in [3.8, 4) is 0 Å². The molecule has 1 saturated carbocycles. The molecule has 8 nitrogen and oxygen atoms in total. The second-order valence-corrected chi connectivity index (χ2v) is 12.0. The smallest absolute Gasteiger partial charge is 0.242 e. The minimum atomic E-state index is -3.46. The van der Waals surface area contributed by atoms with E-state index in [0.29, 0.717) is 6.42 Å². The SMILES string of the molecule is CC(C)C[C@H](N)C(=O)N[C@H](C(=O)NC[C@H](O)CP(=O)(O)CC1CCCCC1)C(C)C. The number of nitrogens with one attached hydrogen (secondary N) is 2. The van der Waals surface area contributed by atoms with Crippen LogP contribution in [-0.2, 0) is 14.2 Å². The van der Waals surface area contributed by atoms with Crippen molar-refractivity contribution < 1.29 is 24.2 Å². The Morgan fingerprint density at radius 3 is 2.23 bits per heavy atom. The van der Waals surface area contributed by atoms with Crippen molar-refractivity contribution in [1.29, 1.82) is 0 Å². The summed E-state index contributed by atoms with van der Waals surface area (Å²) < 4.78 is 12.5. The molecule has 30 heavy (non-hydrogen) atoms. The van der Waals surface area contributed by atoms with Crippen molar-refractivity contribution in [2.45, 2.75) is 84.4 Å². The van der Waals surface area contributed by atoms with E-state index in [1.54, 1.807) is 13.8 Å². The number of nitrogens with two attached hydrogens (primary N) is 1. The van der Waals surface area contributed by atoms with E-state index >= 15 is 0 Å². The summed E-state index contributed by atoms with van der Waals surface area (Å²) in [5.41, 5.74) is 5.89. The van der Waals surface area contributed by atoms with E-state index < -0.39 is 31.5 Å². The van der Waals surface area contributed by atoms with Gasteiger partial charge in [-0.2, -0.15) is 0 Å². The van der Waals surface area contributed by atoms with E-state index in [-0.39, 0.29) is 42.5 Å². The average Bonchev–Trinajstić information content (AvgIpc) is 2.63. The molecule has 0 aromatic carbocycles. The highest BCUT2D eigenvalue weighted by Crippen LogP contribution is 2.45. The minimum Gasteiger partial charge on any atom is -0.391 e. The van der Waals surface area contributed by atoms with Gasteiger partial charge in [0.05, 0.1) is 18.3 Å². The molecule has 1 unspecified atom stereocenters. The third-order valence-electron chi connectivity index (χ3n) is 5.59. The Bertz CT molecular complexity index is 593. The highest BCUT2D eigenvalue weighted by atomic mass is 31.2. The monoisotopic (exact) mass is 447 g/mol. The van der Waals surface area contributed by atoms with Gasteiger partial charge >= 0.3 is 0 Å². The van der Waals surface area contributed by atoms with Crippen LogP contribution in [0, 0.1) is 17.8 Å². The van der Waals surface area contributed by atoms with Crippen LogP contribution in [0.5, 0.6) is 0 Å². The van der Waals surface area contributed by atoms with Gasteiger partial charge in [-0.1, -0.05) is 47.0 Å². The number of hydrogen-bond donors (Lipinski definition) is 5. The molecular weight excluding hydrogens is 405 g/mol. The summed E-state index contributed by atoms with van der Waals surface area (Å²) in [6.07, 6.45) is 4.69.